The summed E-state index contributed by atoms with van der Waals surface area (Å²) in [6.45, 7) is 6.22. The minimum Gasteiger partial charge on any atom is -0.332 e. The fourth-order valence-corrected chi connectivity index (χ4v) is 2.10. The smallest absolute Gasteiger partial charge is 0.175 e. The number of thiocarbonyl (C=S) groups is 1. The molecule has 0 spiro atoms. The third kappa shape index (κ3) is 3.80. The molecule has 0 unspecified atom stereocenters. The lowest BCUT2D eigenvalue weighted by Crippen LogP contribution is -2.19. The molecule has 0 fully saturated rings. The fraction of sp³-hybridized carbons (Fsp3) is 0.188. The van der Waals surface area contributed by atoms with Gasteiger partial charge in [-0.05, 0) is 56.8 Å². The zero-order chi connectivity index (χ0) is 13.8. The van der Waals surface area contributed by atoms with Crippen LogP contribution >= 0.6 is 12.2 Å². The summed E-state index contributed by atoms with van der Waals surface area (Å²) in [5, 5.41) is 7.01. The van der Waals surface area contributed by atoms with E-state index >= 15 is 0 Å². The Balaban J connectivity index is 2.03. The average molecular weight is 270 g/mol. The number of rotatable bonds is 2. The van der Waals surface area contributed by atoms with Gasteiger partial charge < -0.3 is 10.6 Å². The molecular weight excluding hydrogens is 252 g/mol. The number of aryl methyl sites for hydroxylation is 3. The summed E-state index contributed by atoms with van der Waals surface area (Å²) in [4.78, 5) is 0. The Hall–Kier alpha value is -1.87. The summed E-state index contributed by atoms with van der Waals surface area (Å²) in [6, 6.07) is 14.4. The van der Waals surface area contributed by atoms with Gasteiger partial charge in [0.05, 0.1) is 0 Å². The third-order valence-corrected chi connectivity index (χ3v) is 3.14. The van der Waals surface area contributed by atoms with Crippen molar-refractivity contribution in [1.29, 1.82) is 0 Å². The maximum Gasteiger partial charge on any atom is 0.175 e. The lowest BCUT2D eigenvalue weighted by atomic mass is 10.1. The molecule has 0 bridgehead atoms. The molecule has 0 aliphatic rings. The number of anilines is 2. The van der Waals surface area contributed by atoms with Gasteiger partial charge in [-0.3, -0.25) is 0 Å². The van der Waals surface area contributed by atoms with Crippen molar-refractivity contribution in [3.8, 4) is 0 Å². The molecule has 0 saturated carbocycles. The highest BCUT2D eigenvalue weighted by molar-refractivity contribution is 7.80. The largest absolute Gasteiger partial charge is 0.332 e. The van der Waals surface area contributed by atoms with Crippen molar-refractivity contribution < 1.29 is 0 Å². The normalized spacial score (nSPS) is 10.1. The minimum atomic E-state index is 0.607. The lowest BCUT2D eigenvalue weighted by Gasteiger charge is -2.13. The molecule has 2 N–H and O–H groups in total. The van der Waals surface area contributed by atoms with E-state index in [1.54, 1.807) is 0 Å². The maximum atomic E-state index is 5.32. The topological polar surface area (TPSA) is 24.1 Å². The van der Waals surface area contributed by atoms with Crippen LogP contribution in [0.4, 0.5) is 11.4 Å². The van der Waals surface area contributed by atoms with Gasteiger partial charge in [-0.15, -0.1) is 0 Å². The molecule has 2 aromatic carbocycles. The molecule has 98 valence electrons. The molecule has 0 aliphatic carbocycles. The van der Waals surface area contributed by atoms with Gasteiger partial charge in [-0.2, -0.15) is 0 Å². The molecule has 2 nitrogen and oxygen atoms in total. The second-order valence-corrected chi connectivity index (χ2v) is 5.17. The molecule has 0 heterocycles. The Morgan fingerprint density at radius 1 is 0.842 bits per heavy atom. The van der Waals surface area contributed by atoms with Crippen LogP contribution < -0.4 is 10.6 Å². The van der Waals surface area contributed by atoms with Crippen LogP contribution in [0, 0.1) is 20.8 Å². The van der Waals surface area contributed by atoms with Gasteiger partial charge in [-0.1, -0.05) is 35.4 Å². The van der Waals surface area contributed by atoms with Gasteiger partial charge in [0.1, 0.15) is 0 Å². The van der Waals surface area contributed by atoms with E-state index in [2.05, 4.69) is 55.7 Å². The van der Waals surface area contributed by atoms with Crippen molar-refractivity contribution in [2.75, 3.05) is 10.6 Å². The van der Waals surface area contributed by atoms with Gasteiger partial charge >= 0.3 is 0 Å². The number of hydrogen-bond acceptors (Lipinski definition) is 1. The number of hydrogen-bond donors (Lipinski definition) is 2. The highest BCUT2D eigenvalue weighted by atomic mass is 32.1. The van der Waals surface area contributed by atoms with E-state index in [9.17, 15) is 0 Å². The van der Waals surface area contributed by atoms with Crippen LogP contribution in [0.25, 0.3) is 0 Å². The second kappa shape index (κ2) is 5.85. The van der Waals surface area contributed by atoms with Crippen molar-refractivity contribution in [3.05, 3.63) is 59.2 Å². The Bertz CT molecular complexity index is 588. The standard InChI is InChI=1S/C16H18N2S/c1-11-4-7-14(8-5-11)17-16(19)18-15-9-6-12(2)10-13(15)3/h4-10H,1-3H3,(H2,17,18,19). The molecular formula is C16H18N2S. The molecule has 2 rings (SSSR count). The zero-order valence-corrected chi connectivity index (χ0v) is 12.3. The van der Waals surface area contributed by atoms with Gasteiger partial charge in [0.2, 0.25) is 0 Å². The van der Waals surface area contributed by atoms with E-state index in [1.807, 2.05) is 18.2 Å². The summed E-state index contributed by atoms with van der Waals surface area (Å²) in [5.74, 6) is 0. The molecule has 0 radical (unpaired) electrons. The quantitative estimate of drug-likeness (QED) is 0.790. The summed E-state index contributed by atoms with van der Waals surface area (Å²) < 4.78 is 0. The van der Waals surface area contributed by atoms with Crippen molar-refractivity contribution in [2.45, 2.75) is 20.8 Å². The van der Waals surface area contributed by atoms with Crippen LogP contribution in [0.2, 0.25) is 0 Å². The molecule has 2 aromatic rings. The van der Waals surface area contributed by atoms with E-state index in [-0.39, 0.29) is 0 Å². The molecule has 0 saturated heterocycles. The Morgan fingerprint density at radius 3 is 2.11 bits per heavy atom. The SMILES string of the molecule is Cc1ccc(NC(=S)Nc2ccc(C)cc2C)cc1. The number of nitrogens with one attached hydrogen (secondary N) is 2. The first kappa shape index (κ1) is 13.6. The van der Waals surface area contributed by atoms with Crippen LogP contribution in [0.5, 0.6) is 0 Å². The molecule has 0 amide bonds. The Labute approximate surface area is 119 Å². The summed E-state index contributed by atoms with van der Waals surface area (Å²) >= 11 is 5.32. The predicted molar refractivity (Wildman–Crippen MR) is 86.9 cm³/mol. The van der Waals surface area contributed by atoms with E-state index in [4.69, 9.17) is 12.2 Å². The van der Waals surface area contributed by atoms with Crippen LogP contribution in [-0.4, -0.2) is 5.11 Å². The first-order chi connectivity index (χ1) is 9.04. The second-order valence-electron chi connectivity index (χ2n) is 4.76. The lowest BCUT2D eigenvalue weighted by molar-refractivity contribution is 1.38. The van der Waals surface area contributed by atoms with Crippen molar-refractivity contribution in [1.82, 2.24) is 0 Å². The van der Waals surface area contributed by atoms with Crippen molar-refractivity contribution in [2.24, 2.45) is 0 Å². The van der Waals surface area contributed by atoms with Crippen LogP contribution in [0.1, 0.15) is 16.7 Å². The highest BCUT2D eigenvalue weighted by Gasteiger charge is 2.01. The van der Waals surface area contributed by atoms with Gasteiger partial charge in [-0.25, -0.2) is 0 Å². The average Bonchev–Trinajstić information content (AvgIpc) is 2.36. The minimum absolute atomic E-state index is 0.607. The summed E-state index contributed by atoms with van der Waals surface area (Å²) in [6.07, 6.45) is 0. The summed E-state index contributed by atoms with van der Waals surface area (Å²) in [5.41, 5.74) is 5.70. The van der Waals surface area contributed by atoms with E-state index in [1.165, 1.54) is 16.7 Å². The van der Waals surface area contributed by atoms with Crippen LogP contribution in [-0.2, 0) is 0 Å². The molecule has 0 aliphatic heterocycles. The predicted octanol–water partition coefficient (Wildman–Crippen LogP) is 4.42. The van der Waals surface area contributed by atoms with Gasteiger partial charge in [0.15, 0.2) is 5.11 Å². The van der Waals surface area contributed by atoms with Crippen molar-refractivity contribution in [3.63, 3.8) is 0 Å². The monoisotopic (exact) mass is 270 g/mol. The molecule has 3 heteroatoms. The van der Waals surface area contributed by atoms with E-state index in [0.717, 1.165) is 11.4 Å². The highest BCUT2D eigenvalue weighted by Crippen LogP contribution is 2.16. The first-order valence-electron chi connectivity index (χ1n) is 6.26. The molecule has 0 atom stereocenters. The summed E-state index contributed by atoms with van der Waals surface area (Å²) in [7, 11) is 0. The Kier molecular flexibility index (Phi) is 4.17. The maximum absolute atomic E-state index is 5.32. The Morgan fingerprint density at radius 2 is 1.47 bits per heavy atom. The third-order valence-electron chi connectivity index (χ3n) is 2.94. The van der Waals surface area contributed by atoms with Gasteiger partial charge in [0.25, 0.3) is 0 Å². The first-order valence-corrected chi connectivity index (χ1v) is 6.67. The van der Waals surface area contributed by atoms with Crippen molar-refractivity contribution >= 4 is 28.7 Å². The van der Waals surface area contributed by atoms with E-state index < -0.39 is 0 Å². The van der Waals surface area contributed by atoms with E-state index in [0.29, 0.717) is 5.11 Å². The zero-order valence-electron chi connectivity index (χ0n) is 11.4. The molecule has 19 heavy (non-hydrogen) atoms. The van der Waals surface area contributed by atoms with Crippen LogP contribution in [0.3, 0.4) is 0 Å². The fourth-order valence-electron chi connectivity index (χ4n) is 1.88. The molecule has 0 aromatic heterocycles. The van der Waals surface area contributed by atoms with Gasteiger partial charge in [0, 0.05) is 11.4 Å². The van der Waals surface area contributed by atoms with Crippen LogP contribution in [0.15, 0.2) is 42.5 Å². The number of benzene rings is 2.